The molecule has 0 aromatic carbocycles. The number of hydrogen-bond donors (Lipinski definition) is 3. The van der Waals surface area contributed by atoms with E-state index in [1.54, 1.807) is 0 Å². The summed E-state index contributed by atoms with van der Waals surface area (Å²) in [7, 11) is 0. The van der Waals surface area contributed by atoms with Crippen molar-refractivity contribution in [2.45, 2.75) is 26.7 Å². The lowest BCUT2D eigenvalue weighted by Crippen LogP contribution is -2.42. The van der Waals surface area contributed by atoms with Gasteiger partial charge in [0.05, 0.1) is 13.1 Å². The molecule has 1 heterocycles. The molecule has 0 radical (unpaired) electrons. The maximum absolute atomic E-state index is 11.4. The fourth-order valence-electron chi connectivity index (χ4n) is 2.82. The lowest BCUT2D eigenvalue weighted by Gasteiger charge is -2.34. The summed E-state index contributed by atoms with van der Waals surface area (Å²) in [6, 6.07) is 0. The minimum atomic E-state index is -0.309. The highest BCUT2D eigenvalue weighted by molar-refractivity contribution is 5.85. The van der Waals surface area contributed by atoms with E-state index in [9.17, 15) is 9.59 Å². The van der Waals surface area contributed by atoms with Gasteiger partial charge in [-0.2, -0.15) is 0 Å². The number of likely N-dealkylation sites (tertiary alicyclic amines) is 1. The van der Waals surface area contributed by atoms with Crippen molar-refractivity contribution in [1.82, 2.24) is 15.5 Å². The first-order valence-electron chi connectivity index (χ1n) is 7.47. The summed E-state index contributed by atoms with van der Waals surface area (Å²) >= 11 is 0. The quantitative estimate of drug-likeness (QED) is 0.552. The highest BCUT2D eigenvalue weighted by atomic mass is 16.2. The summed E-state index contributed by atoms with van der Waals surface area (Å²) in [5, 5.41) is 5.25. The van der Waals surface area contributed by atoms with Gasteiger partial charge in [0.25, 0.3) is 0 Å². The van der Waals surface area contributed by atoms with Crippen molar-refractivity contribution in [2.24, 2.45) is 17.6 Å². The van der Waals surface area contributed by atoms with Gasteiger partial charge in [0.2, 0.25) is 11.8 Å². The first-order valence-corrected chi connectivity index (χ1v) is 7.47. The molecule has 20 heavy (non-hydrogen) atoms. The zero-order valence-electron chi connectivity index (χ0n) is 12.7. The number of hydrogen-bond acceptors (Lipinski definition) is 4. The summed E-state index contributed by atoms with van der Waals surface area (Å²) in [4.78, 5) is 24.8. The SMILES string of the molecule is CC1CC(C)CN(CCCNC(=O)CNC(=O)CN)C1. The van der Waals surface area contributed by atoms with E-state index in [0.717, 1.165) is 37.9 Å². The van der Waals surface area contributed by atoms with Gasteiger partial charge in [-0.3, -0.25) is 9.59 Å². The van der Waals surface area contributed by atoms with Gasteiger partial charge in [-0.25, -0.2) is 0 Å². The van der Waals surface area contributed by atoms with Gasteiger partial charge < -0.3 is 21.3 Å². The molecule has 0 aromatic heterocycles. The third-order valence-corrected chi connectivity index (χ3v) is 3.55. The molecule has 2 amide bonds. The third-order valence-electron chi connectivity index (χ3n) is 3.55. The highest BCUT2D eigenvalue weighted by Crippen LogP contribution is 2.20. The molecule has 4 N–H and O–H groups in total. The average molecular weight is 284 g/mol. The molecule has 116 valence electrons. The summed E-state index contributed by atoms with van der Waals surface area (Å²) in [5.41, 5.74) is 5.14. The Morgan fingerprint density at radius 2 is 1.80 bits per heavy atom. The number of rotatable bonds is 7. The van der Waals surface area contributed by atoms with E-state index < -0.39 is 0 Å². The van der Waals surface area contributed by atoms with E-state index >= 15 is 0 Å². The summed E-state index contributed by atoms with van der Waals surface area (Å²) in [5.74, 6) is 1.06. The highest BCUT2D eigenvalue weighted by Gasteiger charge is 2.20. The van der Waals surface area contributed by atoms with Crippen molar-refractivity contribution in [3.05, 3.63) is 0 Å². The van der Waals surface area contributed by atoms with Crippen LogP contribution in [-0.2, 0) is 9.59 Å². The molecule has 0 bridgehead atoms. The molecular weight excluding hydrogens is 256 g/mol. The second-order valence-electron chi connectivity index (χ2n) is 5.89. The van der Waals surface area contributed by atoms with Gasteiger partial charge in [-0.15, -0.1) is 0 Å². The Labute approximate surface area is 121 Å². The van der Waals surface area contributed by atoms with E-state index in [1.165, 1.54) is 6.42 Å². The van der Waals surface area contributed by atoms with Crippen LogP contribution in [0, 0.1) is 11.8 Å². The molecule has 0 aromatic rings. The third kappa shape index (κ3) is 6.86. The van der Waals surface area contributed by atoms with Crippen molar-refractivity contribution in [2.75, 3.05) is 39.3 Å². The molecule has 6 heteroatoms. The van der Waals surface area contributed by atoms with Gasteiger partial charge in [-0.1, -0.05) is 13.8 Å². The number of carbonyl (C=O) groups excluding carboxylic acids is 2. The van der Waals surface area contributed by atoms with Crippen LogP contribution in [0.2, 0.25) is 0 Å². The number of nitrogens with zero attached hydrogens (tertiary/aromatic N) is 1. The van der Waals surface area contributed by atoms with Gasteiger partial charge >= 0.3 is 0 Å². The van der Waals surface area contributed by atoms with E-state index in [0.29, 0.717) is 6.54 Å². The number of nitrogens with two attached hydrogens (primary N) is 1. The van der Waals surface area contributed by atoms with E-state index in [4.69, 9.17) is 5.73 Å². The molecule has 0 spiro atoms. The van der Waals surface area contributed by atoms with Gasteiger partial charge in [0, 0.05) is 19.6 Å². The molecule has 1 aliphatic heterocycles. The van der Waals surface area contributed by atoms with Crippen LogP contribution in [0.5, 0.6) is 0 Å². The summed E-state index contributed by atoms with van der Waals surface area (Å²) in [6.45, 7) is 8.50. The number of piperidine rings is 1. The molecule has 2 unspecified atom stereocenters. The van der Waals surface area contributed by atoms with Crippen molar-refractivity contribution in [3.8, 4) is 0 Å². The summed E-state index contributed by atoms with van der Waals surface area (Å²) in [6.07, 6.45) is 2.25. The van der Waals surface area contributed by atoms with Crippen LogP contribution in [0.1, 0.15) is 26.7 Å². The zero-order valence-corrected chi connectivity index (χ0v) is 12.7. The fourth-order valence-corrected chi connectivity index (χ4v) is 2.82. The Morgan fingerprint density at radius 1 is 1.15 bits per heavy atom. The van der Waals surface area contributed by atoms with Gasteiger partial charge in [0.1, 0.15) is 0 Å². The Bertz CT molecular complexity index is 312. The van der Waals surface area contributed by atoms with Crippen molar-refractivity contribution >= 4 is 11.8 Å². The van der Waals surface area contributed by atoms with Crippen LogP contribution >= 0.6 is 0 Å². The summed E-state index contributed by atoms with van der Waals surface area (Å²) < 4.78 is 0. The molecule has 2 atom stereocenters. The van der Waals surface area contributed by atoms with Crippen LogP contribution in [0.25, 0.3) is 0 Å². The lowest BCUT2D eigenvalue weighted by molar-refractivity contribution is -0.125. The maximum atomic E-state index is 11.4. The second kappa shape index (κ2) is 8.92. The lowest BCUT2D eigenvalue weighted by atomic mass is 9.92. The largest absolute Gasteiger partial charge is 0.355 e. The van der Waals surface area contributed by atoms with Gasteiger partial charge in [0.15, 0.2) is 0 Å². The minimum Gasteiger partial charge on any atom is -0.355 e. The topological polar surface area (TPSA) is 87.5 Å². The van der Waals surface area contributed by atoms with E-state index in [1.807, 2.05) is 0 Å². The standard InChI is InChI=1S/C14H28N4O2/c1-11-6-12(2)10-18(9-11)5-3-4-16-14(20)8-17-13(19)7-15/h11-12H,3-10,15H2,1-2H3,(H,16,20)(H,17,19). The Hall–Kier alpha value is -1.14. The first kappa shape index (κ1) is 16.9. The van der Waals surface area contributed by atoms with Crippen LogP contribution in [0.15, 0.2) is 0 Å². The van der Waals surface area contributed by atoms with Crippen LogP contribution in [0.3, 0.4) is 0 Å². The monoisotopic (exact) mass is 284 g/mol. The van der Waals surface area contributed by atoms with Crippen LogP contribution in [0.4, 0.5) is 0 Å². The van der Waals surface area contributed by atoms with Crippen LogP contribution < -0.4 is 16.4 Å². The van der Waals surface area contributed by atoms with Crippen molar-refractivity contribution in [3.63, 3.8) is 0 Å². The molecule has 0 saturated carbocycles. The molecule has 1 fully saturated rings. The van der Waals surface area contributed by atoms with E-state index in [2.05, 4.69) is 29.4 Å². The Kier molecular flexibility index (Phi) is 7.54. The molecule has 1 rings (SSSR count). The van der Waals surface area contributed by atoms with Crippen LogP contribution in [-0.4, -0.2) is 56.0 Å². The Balaban J connectivity index is 2.06. The predicted octanol–water partition coefficient (Wildman–Crippen LogP) is -0.454. The maximum Gasteiger partial charge on any atom is 0.239 e. The molecule has 1 saturated heterocycles. The van der Waals surface area contributed by atoms with Crippen molar-refractivity contribution in [1.29, 1.82) is 0 Å². The van der Waals surface area contributed by atoms with Gasteiger partial charge in [-0.05, 0) is 31.2 Å². The molecule has 0 aliphatic carbocycles. The number of nitrogens with one attached hydrogen (secondary N) is 2. The fraction of sp³-hybridized carbons (Fsp3) is 0.857. The number of carbonyl (C=O) groups is 2. The van der Waals surface area contributed by atoms with Crippen molar-refractivity contribution < 1.29 is 9.59 Å². The molecule has 6 nitrogen and oxygen atoms in total. The normalized spacial score (nSPS) is 23.4. The first-order chi connectivity index (χ1) is 9.51. The Morgan fingerprint density at radius 3 is 2.40 bits per heavy atom. The molecular formula is C14H28N4O2. The predicted molar refractivity (Wildman–Crippen MR) is 79.1 cm³/mol. The average Bonchev–Trinajstić information content (AvgIpc) is 2.40. The van der Waals surface area contributed by atoms with E-state index in [-0.39, 0.29) is 24.9 Å². The second-order valence-corrected chi connectivity index (χ2v) is 5.89. The molecule has 1 aliphatic rings. The zero-order chi connectivity index (χ0) is 15.0. The number of amides is 2. The minimum absolute atomic E-state index is 0.00775. The smallest absolute Gasteiger partial charge is 0.239 e.